The monoisotopic (exact) mass is 436 g/mol. The highest BCUT2D eigenvalue weighted by molar-refractivity contribution is 7.98. The Hall–Kier alpha value is -3.77. The van der Waals surface area contributed by atoms with E-state index in [4.69, 9.17) is 16.7 Å². The number of hydrogen-bond acceptors (Lipinski definition) is 7. The van der Waals surface area contributed by atoms with E-state index >= 15 is 0 Å². The first-order valence-corrected chi connectivity index (χ1v) is 10.6. The number of carbonyl (C=O) groups is 2. The minimum atomic E-state index is -0.724. The Balaban J connectivity index is 2.25. The average molecular weight is 437 g/mol. The highest BCUT2D eigenvalue weighted by Gasteiger charge is 2.18. The molecule has 2 amide bonds. The molecule has 0 aliphatic heterocycles. The van der Waals surface area contributed by atoms with Crippen LogP contribution in [-0.2, 0) is 9.59 Å². The summed E-state index contributed by atoms with van der Waals surface area (Å²) in [6, 6.07) is 16.5. The third-order valence-electron chi connectivity index (χ3n) is 4.30. The minimum Gasteiger partial charge on any atom is -0.398 e. The van der Waals surface area contributed by atoms with Gasteiger partial charge in [0.25, 0.3) is 5.91 Å². The van der Waals surface area contributed by atoms with Crippen LogP contribution >= 0.6 is 11.8 Å². The van der Waals surface area contributed by atoms with Crippen LogP contribution in [-0.4, -0.2) is 43.9 Å². The summed E-state index contributed by atoms with van der Waals surface area (Å²) in [6.45, 7) is 0.788. The first-order chi connectivity index (χ1) is 15.0. The summed E-state index contributed by atoms with van der Waals surface area (Å²) in [6.07, 6.45) is 2.46. The molecular weight excluding hydrogens is 412 g/mol. The predicted molar refractivity (Wildman–Crippen MR) is 125 cm³/mol. The molecule has 0 aliphatic carbocycles. The minimum absolute atomic E-state index is 0.0154. The van der Waals surface area contributed by atoms with Crippen LogP contribution in [0.2, 0.25) is 0 Å². The van der Waals surface area contributed by atoms with Crippen molar-refractivity contribution >= 4 is 41.2 Å². The van der Waals surface area contributed by atoms with Crippen LogP contribution in [0.4, 0.5) is 5.69 Å². The van der Waals surface area contributed by atoms with Gasteiger partial charge in [0, 0.05) is 17.1 Å². The van der Waals surface area contributed by atoms with Gasteiger partial charge in [0.2, 0.25) is 6.41 Å². The van der Waals surface area contributed by atoms with Gasteiger partial charge in [-0.1, -0.05) is 12.1 Å². The van der Waals surface area contributed by atoms with Gasteiger partial charge >= 0.3 is 0 Å². The molecule has 0 aromatic heterocycles. The lowest BCUT2D eigenvalue weighted by Gasteiger charge is -2.13. The van der Waals surface area contributed by atoms with E-state index in [0.29, 0.717) is 36.3 Å². The maximum Gasteiger partial charge on any atom is 0.252 e. The summed E-state index contributed by atoms with van der Waals surface area (Å²) in [5.74, 6) is -0.724. The highest BCUT2D eigenvalue weighted by atomic mass is 32.2. The van der Waals surface area contributed by atoms with Gasteiger partial charge in [-0.05, 0) is 48.2 Å². The normalized spacial score (nSPS) is 11.8. The van der Waals surface area contributed by atoms with Gasteiger partial charge in [0.05, 0.1) is 41.7 Å². The van der Waals surface area contributed by atoms with Crippen LogP contribution < -0.4 is 22.1 Å². The second-order valence-corrected chi connectivity index (χ2v) is 7.21. The van der Waals surface area contributed by atoms with Gasteiger partial charge in [0.1, 0.15) is 0 Å². The molecule has 0 aliphatic rings. The molecule has 6 N–H and O–H groups in total. The fourth-order valence-electron chi connectivity index (χ4n) is 2.78. The van der Waals surface area contributed by atoms with Crippen LogP contribution in [0.5, 0.6) is 0 Å². The number of amides is 2. The van der Waals surface area contributed by atoms with Crippen LogP contribution in [0.15, 0.2) is 64.0 Å². The van der Waals surface area contributed by atoms with Crippen molar-refractivity contribution in [1.82, 2.24) is 5.32 Å². The molecule has 2 aromatic carbocycles. The number of anilines is 1. The number of benzene rings is 2. The number of nitrogens with two attached hydrogens (primary N) is 2. The molecular formula is C22H24N6O2S. The van der Waals surface area contributed by atoms with Gasteiger partial charge < -0.3 is 22.1 Å². The van der Waals surface area contributed by atoms with Crippen LogP contribution in [0.25, 0.3) is 5.70 Å². The maximum absolute atomic E-state index is 12.2. The summed E-state index contributed by atoms with van der Waals surface area (Å²) in [4.78, 5) is 28.5. The van der Waals surface area contributed by atoms with E-state index in [0.717, 1.165) is 10.6 Å². The zero-order valence-corrected chi connectivity index (χ0v) is 17.9. The molecule has 2 aromatic rings. The molecule has 0 saturated carbocycles. The second-order valence-electron chi connectivity index (χ2n) is 6.33. The maximum atomic E-state index is 12.2. The third kappa shape index (κ3) is 6.90. The lowest BCUT2D eigenvalue weighted by atomic mass is 10.0. The third-order valence-corrected chi connectivity index (χ3v) is 5.02. The zero-order chi connectivity index (χ0) is 22.6. The Morgan fingerprint density at radius 3 is 2.58 bits per heavy atom. The van der Waals surface area contributed by atoms with E-state index in [-0.39, 0.29) is 17.8 Å². The van der Waals surface area contributed by atoms with Gasteiger partial charge in [-0.15, -0.1) is 11.8 Å². The van der Waals surface area contributed by atoms with E-state index < -0.39 is 5.91 Å². The zero-order valence-electron chi connectivity index (χ0n) is 17.1. The van der Waals surface area contributed by atoms with Gasteiger partial charge in [0.15, 0.2) is 0 Å². The van der Waals surface area contributed by atoms with Crippen molar-refractivity contribution in [2.24, 2.45) is 16.5 Å². The SMILES string of the molecule is CSc1cccc(C(N)=C(C(N)=O)C(CNC=O)=NCCNc2ccc(C#N)cc2)c1. The first-order valence-electron chi connectivity index (χ1n) is 9.39. The summed E-state index contributed by atoms with van der Waals surface area (Å²) >= 11 is 1.55. The summed E-state index contributed by atoms with van der Waals surface area (Å²) in [5.41, 5.74) is 14.5. The largest absolute Gasteiger partial charge is 0.398 e. The van der Waals surface area contributed by atoms with E-state index in [9.17, 15) is 9.59 Å². The van der Waals surface area contributed by atoms with Crippen molar-refractivity contribution in [3.63, 3.8) is 0 Å². The van der Waals surface area contributed by atoms with E-state index in [1.807, 2.05) is 24.5 Å². The molecule has 0 fully saturated rings. The topological polar surface area (TPSA) is 146 Å². The number of nitrogens with one attached hydrogen (secondary N) is 2. The predicted octanol–water partition coefficient (Wildman–Crippen LogP) is 1.73. The molecule has 2 rings (SSSR count). The Labute approximate surface area is 185 Å². The molecule has 0 spiro atoms. The average Bonchev–Trinajstić information content (AvgIpc) is 2.79. The van der Waals surface area contributed by atoms with Crippen molar-refractivity contribution < 1.29 is 9.59 Å². The molecule has 0 saturated heterocycles. The van der Waals surface area contributed by atoms with Crippen LogP contribution in [0.3, 0.4) is 0 Å². The van der Waals surface area contributed by atoms with Crippen LogP contribution in [0, 0.1) is 11.3 Å². The molecule has 9 heteroatoms. The standard InChI is InChI=1S/C22H24N6O2S/c1-31-18-4-2-3-16(11-18)21(24)20(22(25)30)19(13-26-14-29)28-10-9-27-17-7-5-15(12-23)6-8-17/h2-8,11,14,27H,9-10,13,24H2,1H3,(H2,25,30)(H,26,29). The van der Waals surface area contributed by atoms with Crippen molar-refractivity contribution in [2.75, 3.05) is 31.2 Å². The van der Waals surface area contributed by atoms with Crippen molar-refractivity contribution in [3.05, 3.63) is 65.2 Å². The number of hydrogen-bond donors (Lipinski definition) is 4. The molecule has 31 heavy (non-hydrogen) atoms. The molecule has 0 unspecified atom stereocenters. The number of nitriles is 1. The Morgan fingerprint density at radius 1 is 1.23 bits per heavy atom. The summed E-state index contributed by atoms with van der Waals surface area (Å²) in [5, 5.41) is 14.6. The quantitative estimate of drug-likeness (QED) is 0.139. The smallest absolute Gasteiger partial charge is 0.252 e. The molecule has 8 nitrogen and oxygen atoms in total. The molecule has 0 radical (unpaired) electrons. The van der Waals surface area contributed by atoms with Crippen molar-refractivity contribution in [2.45, 2.75) is 4.90 Å². The van der Waals surface area contributed by atoms with Gasteiger partial charge in [-0.25, -0.2) is 0 Å². The second kappa shape index (κ2) is 12.0. The number of aliphatic imine (C=N–C) groups is 1. The van der Waals surface area contributed by atoms with E-state index in [1.54, 1.807) is 42.1 Å². The Kier molecular flexibility index (Phi) is 9.13. The van der Waals surface area contributed by atoms with Gasteiger partial charge in [-0.3, -0.25) is 14.6 Å². The van der Waals surface area contributed by atoms with Crippen LogP contribution in [0.1, 0.15) is 11.1 Å². The number of primary amides is 1. The first kappa shape index (κ1) is 23.5. The lowest BCUT2D eigenvalue weighted by molar-refractivity contribution is -0.114. The van der Waals surface area contributed by atoms with E-state index in [1.165, 1.54) is 0 Å². The molecule has 0 bridgehead atoms. The number of rotatable bonds is 11. The highest BCUT2D eigenvalue weighted by Crippen LogP contribution is 2.21. The molecule has 0 atom stereocenters. The lowest BCUT2D eigenvalue weighted by Crippen LogP contribution is -2.32. The fourth-order valence-corrected chi connectivity index (χ4v) is 3.24. The Bertz CT molecular complexity index is 1030. The number of thioether (sulfide) groups is 1. The fraction of sp³-hybridized carbons (Fsp3) is 0.182. The number of nitrogens with zero attached hydrogens (tertiary/aromatic N) is 2. The van der Waals surface area contributed by atoms with Crippen molar-refractivity contribution in [1.29, 1.82) is 5.26 Å². The Morgan fingerprint density at radius 2 is 1.97 bits per heavy atom. The summed E-state index contributed by atoms with van der Waals surface area (Å²) < 4.78 is 0. The summed E-state index contributed by atoms with van der Waals surface area (Å²) in [7, 11) is 0. The van der Waals surface area contributed by atoms with Crippen molar-refractivity contribution in [3.8, 4) is 6.07 Å². The van der Waals surface area contributed by atoms with Gasteiger partial charge in [-0.2, -0.15) is 5.26 Å². The number of carbonyl (C=O) groups excluding carboxylic acids is 2. The molecule has 160 valence electrons. The molecule has 0 heterocycles. The van der Waals surface area contributed by atoms with E-state index in [2.05, 4.69) is 21.7 Å².